The summed E-state index contributed by atoms with van der Waals surface area (Å²) in [5.41, 5.74) is 4.30. The van der Waals surface area contributed by atoms with Crippen LogP contribution in [0.3, 0.4) is 0 Å². The Labute approximate surface area is 241 Å². The zero-order valence-electron chi connectivity index (χ0n) is 25.6. The number of hydrazine groups is 1. The summed E-state index contributed by atoms with van der Waals surface area (Å²) in [6.45, 7) is 8.61. The van der Waals surface area contributed by atoms with Gasteiger partial charge in [0.2, 0.25) is 23.6 Å². The van der Waals surface area contributed by atoms with E-state index in [4.69, 9.17) is 0 Å². The topological polar surface area (TPSA) is 98.8 Å². The molecule has 0 aromatic carbocycles. The molecular formula is C32H54N4O4. The second-order valence-electron chi connectivity index (χ2n) is 14.3. The number of rotatable bonds is 6. The van der Waals surface area contributed by atoms with Crippen molar-refractivity contribution in [3.05, 3.63) is 0 Å². The number of piperidine rings is 1. The monoisotopic (exact) mass is 558 g/mol. The van der Waals surface area contributed by atoms with E-state index in [1.807, 2.05) is 4.90 Å². The number of carbonyl (C=O) groups is 4. The molecule has 1 saturated heterocycles. The molecule has 4 aliphatic rings. The number of likely N-dealkylation sites (tertiary alicyclic amines) is 1. The van der Waals surface area contributed by atoms with Crippen LogP contribution in [-0.2, 0) is 19.2 Å². The quantitative estimate of drug-likeness (QED) is 0.337. The standard InChI is InChI=1S/C32H54N4O4/c1-31(2)21-26(22-32(3,4)36(31)30(40)24-16-10-6-11-17-24)35(25-18-12-7-13-19-25)28(38)20-27(37)33-34-29(39)23-14-8-5-9-15-23/h23-26H,5-22H2,1-4H3,(H,33,37)(H,34,39). The SMILES string of the molecule is CC1(C)CC(N(C(=O)CC(=O)NNC(=O)C2CCCCC2)C2CCCCC2)CC(C)(C)N1C(=O)C1CCCCC1. The molecule has 0 spiro atoms. The number of amides is 4. The Hall–Kier alpha value is -2.12. The number of nitrogens with zero attached hydrogens (tertiary/aromatic N) is 2. The van der Waals surface area contributed by atoms with Crippen LogP contribution in [0.4, 0.5) is 0 Å². The summed E-state index contributed by atoms with van der Waals surface area (Å²) in [7, 11) is 0. The molecule has 8 heteroatoms. The van der Waals surface area contributed by atoms with Gasteiger partial charge in [0.25, 0.3) is 0 Å². The molecule has 8 nitrogen and oxygen atoms in total. The predicted molar refractivity (Wildman–Crippen MR) is 156 cm³/mol. The molecule has 4 amide bonds. The van der Waals surface area contributed by atoms with Crippen molar-refractivity contribution in [2.75, 3.05) is 0 Å². The third kappa shape index (κ3) is 7.39. The third-order valence-corrected chi connectivity index (χ3v) is 10.1. The minimum absolute atomic E-state index is 0.0411. The Morgan fingerprint density at radius 2 is 1.12 bits per heavy atom. The van der Waals surface area contributed by atoms with Gasteiger partial charge in [0.1, 0.15) is 6.42 Å². The van der Waals surface area contributed by atoms with Crippen LogP contribution in [0.25, 0.3) is 0 Å². The van der Waals surface area contributed by atoms with Crippen LogP contribution in [0.1, 0.15) is 143 Å². The van der Waals surface area contributed by atoms with E-state index in [0.717, 1.165) is 83.5 Å². The van der Waals surface area contributed by atoms with Crippen molar-refractivity contribution in [2.45, 2.75) is 166 Å². The van der Waals surface area contributed by atoms with E-state index in [9.17, 15) is 19.2 Å². The van der Waals surface area contributed by atoms with Gasteiger partial charge in [0, 0.05) is 35.0 Å². The molecule has 0 aromatic heterocycles. The smallest absolute Gasteiger partial charge is 0.247 e. The maximum atomic E-state index is 13.9. The molecule has 0 atom stereocenters. The minimum atomic E-state index is -0.460. The first-order chi connectivity index (χ1) is 19.0. The highest BCUT2D eigenvalue weighted by Gasteiger charge is 2.51. The molecule has 0 unspecified atom stereocenters. The van der Waals surface area contributed by atoms with Crippen molar-refractivity contribution in [3.8, 4) is 0 Å². The van der Waals surface area contributed by atoms with E-state index in [-0.39, 0.29) is 48.1 Å². The first-order valence-electron chi connectivity index (χ1n) is 16.2. The lowest BCUT2D eigenvalue weighted by Crippen LogP contribution is -2.68. The maximum Gasteiger partial charge on any atom is 0.247 e. The lowest BCUT2D eigenvalue weighted by atomic mass is 9.74. The molecule has 4 fully saturated rings. The van der Waals surface area contributed by atoms with Crippen LogP contribution >= 0.6 is 0 Å². The van der Waals surface area contributed by atoms with Gasteiger partial charge in [-0.1, -0.05) is 57.8 Å². The molecule has 0 bridgehead atoms. The Kier molecular flexibility index (Phi) is 10.2. The van der Waals surface area contributed by atoms with Gasteiger partial charge in [-0.05, 0) is 79.1 Å². The van der Waals surface area contributed by atoms with E-state index in [0.29, 0.717) is 12.8 Å². The van der Waals surface area contributed by atoms with Crippen LogP contribution in [0, 0.1) is 11.8 Å². The first-order valence-corrected chi connectivity index (χ1v) is 16.2. The average Bonchev–Trinajstić information content (AvgIpc) is 2.92. The Balaban J connectivity index is 1.45. The van der Waals surface area contributed by atoms with Crippen molar-refractivity contribution in [2.24, 2.45) is 11.8 Å². The molecule has 0 aromatic rings. The van der Waals surface area contributed by atoms with Gasteiger partial charge < -0.3 is 9.80 Å². The minimum Gasteiger partial charge on any atom is -0.336 e. The zero-order valence-corrected chi connectivity index (χ0v) is 25.6. The second kappa shape index (κ2) is 13.2. The van der Waals surface area contributed by atoms with E-state index in [1.54, 1.807) is 0 Å². The first kappa shape index (κ1) is 30.8. The summed E-state index contributed by atoms with van der Waals surface area (Å²) >= 11 is 0. The summed E-state index contributed by atoms with van der Waals surface area (Å²) in [5, 5.41) is 0. The second-order valence-corrected chi connectivity index (χ2v) is 14.3. The molecule has 3 aliphatic carbocycles. The number of hydrogen-bond donors (Lipinski definition) is 2. The summed E-state index contributed by atoms with van der Waals surface area (Å²) in [5.74, 6) is -0.458. The van der Waals surface area contributed by atoms with E-state index in [2.05, 4.69) is 43.4 Å². The van der Waals surface area contributed by atoms with Crippen LogP contribution in [0.2, 0.25) is 0 Å². The van der Waals surface area contributed by atoms with Gasteiger partial charge in [0.15, 0.2) is 0 Å². The Bertz CT molecular complexity index is 896. The van der Waals surface area contributed by atoms with Gasteiger partial charge in [0.05, 0.1) is 0 Å². The Morgan fingerprint density at radius 3 is 1.65 bits per heavy atom. The highest BCUT2D eigenvalue weighted by atomic mass is 16.2. The summed E-state index contributed by atoms with van der Waals surface area (Å²) in [6.07, 6.45) is 16.8. The largest absolute Gasteiger partial charge is 0.336 e. The van der Waals surface area contributed by atoms with Crippen LogP contribution < -0.4 is 10.9 Å². The number of hydrogen-bond acceptors (Lipinski definition) is 4. The lowest BCUT2D eigenvalue weighted by molar-refractivity contribution is -0.162. The lowest BCUT2D eigenvalue weighted by Gasteiger charge is -2.58. The molecule has 1 aliphatic heterocycles. The highest BCUT2D eigenvalue weighted by Crippen LogP contribution is 2.44. The maximum absolute atomic E-state index is 13.9. The summed E-state index contributed by atoms with van der Waals surface area (Å²) < 4.78 is 0. The number of nitrogens with one attached hydrogen (secondary N) is 2. The van der Waals surface area contributed by atoms with E-state index in [1.165, 1.54) is 12.8 Å². The van der Waals surface area contributed by atoms with Gasteiger partial charge in [-0.25, -0.2) is 0 Å². The molecule has 3 saturated carbocycles. The van der Waals surface area contributed by atoms with Gasteiger partial charge in [-0.15, -0.1) is 0 Å². The van der Waals surface area contributed by atoms with E-state index < -0.39 is 17.0 Å². The van der Waals surface area contributed by atoms with Crippen molar-refractivity contribution >= 4 is 23.6 Å². The molecule has 4 rings (SSSR count). The molecule has 0 radical (unpaired) electrons. The predicted octanol–water partition coefficient (Wildman–Crippen LogP) is 5.39. The fourth-order valence-corrected chi connectivity index (χ4v) is 8.49. The molecule has 2 N–H and O–H groups in total. The molecule has 1 heterocycles. The van der Waals surface area contributed by atoms with Gasteiger partial charge in [-0.2, -0.15) is 0 Å². The molecular weight excluding hydrogens is 504 g/mol. The van der Waals surface area contributed by atoms with Gasteiger partial charge >= 0.3 is 0 Å². The third-order valence-electron chi connectivity index (χ3n) is 10.1. The fraction of sp³-hybridized carbons (Fsp3) is 0.875. The number of carbonyl (C=O) groups excluding carboxylic acids is 4. The van der Waals surface area contributed by atoms with Crippen LogP contribution in [0.5, 0.6) is 0 Å². The van der Waals surface area contributed by atoms with Crippen molar-refractivity contribution in [1.82, 2.24) is 20.7 Å². The Morgan fingerprint density at radius 1 is 0.650 bits per heavy atom. The van der Waals surface area contributed by atoms with Crippen molar-refractivity contribution < 1.29 is 19.2 Å². The summed E-state index contributed by atoms with van der Waals surface area (Å²) in [4.78, 5) is 57.2. The molecule has 226 valence electrons. The van der Waals surface area contributed by atoms with Gasteiger partial charge in [-0.3, -0.25) is 30.0 Å². The normalized spacial score (nSPS) is 24.8. The van der Waals surface area contributed by atoms with Crippen LogP contribution in [0.15, 0.2) is 0 Å². The van der Waals surface area contributed by atoms with Crippen molar-refractivity contribution in [1.29, 1.82) is 0 Å². The zero-order chi connectivity index (χ0) is 28.9. The van der Waals surface area contributed by atoms with E-state index >= 15 is 0 Å². The summed E-state index contributed by atoms with van der Waals surface area (Å²) in [6, 6.07) is 0.0729. The fourth-order valence-electron chi connectivity index (χ4n) is 8.49. The van der Waals surface area contributed by atoms with Crippen molar-refractivity contribution in [3.63, 3.8) is 0 Å². The average molecular weight is 559 g/mol. The molecule has 40 heavy (non-hydrogen) atoms. The van der Waals surface area contributed by atoms with Crippen LogP contribution in [-0.4, -0.2) is 56.6 Å². The highest BCUT2D eigenvalue weighted by molar-refractivity contribution is 5.98.